The van der Waals surface area contributed by atoms with Gasteiger partial charge in [-0.25, -0.2) is 9.59 Å². The highest BCUT2D eigenvalue weighted by atomic mass is 16.6. The van der Waals surface area contributed by atoms with Crippen LogP contribution < -0.4 is 0 Å². The van der Waals surface area contributed by atoms with Crippen LogP contribution in [0.25, 0.3) is 10.9 Å². The SMILES string of the molecule is CCOC(=O)c1cc2cc(C3CCOCC3)ccc2n1C1(C(=O)OC(C)(C)C)CC1. The van der Waals surface area contributed by atoms with Crippen molar-refractivity contribution in [3.8, 4) is 0 Å². The summed E-state index contributed by atoms with van der Waals surface area (Å²) in [5, 5.41) is 0.955. The fraction of sp³-hybridized carbons (Fsp3) is 0.583. The molecule has 162 valence electrons. The van der Waals surface area contributed by atoms with E-state index in [4.69, 9.17) is 14.2 Å². The Morgan fingerprint density at radius 3 is 2.47 bits per heavy atom. The Morgan fingerprint density at radius 2 is 1.87 bits per heavy atom. The van der Waals surface area contributed by atoms with Crippen LogP contribution in [-0.2, 0) is 24.5 Å². The topological polar surface area (TPSA) is 66.8 Å². The minimum atomic E-state index is -0.836. The monoisotopic (exact) mass is 413 g/mol. The van der Waals surface area contributed by atoms with Crippen LogP contribution in [0, 0.1) is 0 Å². The van der Waals surface area contributed by atoms with Gasteiger partial charge in [-0.1, -0.05) is 6.07 Å². The summed E-state index contributed by atoms with van der Waals surface area (Å²) in [4.78, 5) is 25.9. The highest BCUT2D eigenvalue weighted by Gasteiger charge is 2.56. The summed E-state index contributed by atoms with van der Waals surface area (Å²) >= 11 is 0. The molecule has 0 bridgehead atoms. The highest BCUT2D eigenvalue weighted by molar-refractivity contribution is 5.98. The van der Waals surface area contributed by atoms with E-state index >= 15 is 0 Å². The number of benzene rings is 1. The number of rotatable bonds is 5. The van der Waals surface area contributed by atoms with E-state index in [0.29, 0.717) is 24.5 Å². The zero-order valence-corrected chi connectivity index (χ0v) is 18.3. The first kappa shape index (κ1) is 20.9. The molecule has 1 saturated heterocycles. The number of hydrogen-bond acceptors (Lipinski definition) is 5. The molecule has 0 unspecified atom stereocenters. The standard InChI is InChI=1S/C24H31NO5/c1-5-29-21(26)20-15-18-14-17(16-8-12-28-13-9-16)6-7-19(18)25(20)24(10-11-24)22(27)30-23(2,3)4/h6-7,14-16H,5,8-13H2,1-4H3. The fourth-order valence-corrected chi connectivity index (χ4v) is 4.35. The number of carbonyl (C=O) groups excluding carboxylic acids is 2. The molecule has 0 N–H and O–H groups in total. The molecule has 1 aliphatic heterocycles. The summed E-state index contributed by atoms with van der Waals surface area (Å²) in [5.41, 5.74) is 1.12. The number of carbonyl (C=O) groups is 2. The van der Waals surface area contributed by atoms with Crippen LogP contribution in [0.15, 0.2) is 24.3 Å². The lowest BCUT2D eigenvalue weighted by molar-refractivity contribution is -0.160. The second-order valence-electron chi connectivity index (χ2n) is 9.32. The van der Waals surface area contributed by atoms with Crippen LogP contribution >= 0.6 is 0 Å². The molecule has 2 heterocycles. The Morgan fingerprint density at radius 1 is 1.17 bits per heavy atom. The summed E-state index contributed by atoms with van der Waals surface area (Å²) in [7, 11) is 0. The quantitative estimate of drug-likeness (QED) is 0.673. The lowest BCUT2D eigenvalue weighted by Gasteiger charge is -2.26. The Kier molecular flexibility index (Phi) is 5.39. The summed E-state index contributed by atoms with van der Waals surface area (Å²) in [6.07, 6.45) is 3.30. The van der Waals surface area contributed by atoms with Crippen LogP contribution in [0.2, 0.25) is 0 Å². The molecule has 0 atom stereocenters. The number of aromatic nitrogens is 1. The maximum Gasteiger partial charge on any atom is 0.355 e. The molecular formula is C24H31NO5. The van der Waals surface area contributed by atoms with Gasteiger partial charge in [0.2, 0.25) is 0 Å². The number of fused-ring (bicyclic) bond motifs is 1. The number of nitrogens with zero attached hydrogens (tertiary/aromatic N) is 1. The lowest BCUT2D eigenvalue weighted by Crippen LogP contribution is -2.37. The molecule has 2 aliphatic rings. The molecule has 6 heteroatoms. The highest BCUT2D eigenvalue weighted by Crippen LogP contribution is 2.49. The van der Waals surface area contributed by atoms with Crippen molar-refractivity contribution in [1.82, 2.24) is 4.57 Å². The largest absolute Gasteiger partial charge is 0.461 e. The van der Waals surface area contributed by atoms with Gasteiger partial charge >= 0.3 is 11.9 Å². The van der Waals surface area contributed by atoms with Crippen molar-refractivity contribution in [2.75, 3.05) is 19.8 Å². The van der Waals surface area contributed by atoms with E-state index in [1.54, 1.807) is 6.92 Å². The first-order valence-electron chi connectivity index (χ1n) is 10.9. The fourth-order valence-electron chi connectivity index (χ4n) is 4.35. The lowest BCUT2D eigenvalue weighted by atomic mass is 9.91. The second-order valence-corrected chi connectivity index (χ2v) is 9.32. The van der Waals surface area contributed by atoms with Crippen LogP contribution in [0.5, 0.6) is 0 Å². The van der Waals surface area contributed by atoms with E-state index in [1.165, 1.54) is 5.56 Å². The van der Waals surface area contributed by atoms with Crippen molar-refractivity contribution in [2.45, 2.75) is 70.4 Å². The van der Waals surface area contributed by atoms with Crippen molar-refractivity contribution < 1.29 is 23.8 Å². The van der Waals surface area contributed by atoms with Gasteiger partial charge in [-0.15, -0.1) is 0 Å². The maximum absolute atomic E-state index is 13.1. The van der Waals surface area contributed by atoms with Crippen LogP contribution in [0.4, 0.5) is 0 Å². The van der Waals surface area contributed by atoms with Crippen molar-refractivity contribution in [1.29, 1.82) is 0 Å². The first-order chi connectivity index (χ1) is 14.2. The van der Waals surface area contributed by atoms with Crippen LogP contribution in [0.3, 0.4) is 0 Å². The van der Waals surface area contributed by atoms with E-state index in [9.17, 15) is 9.59 Å². The van der Waals surface area contributed by atoms with Crippen molar-refractivity contribution in [3.05, 3.63) is 35.5 Å². The van der Waals surface area contributed by atoms with E-state index < -0.39 is 17.1 Å². The summed E-state index contributed by atoms with van der Waals surface area (Å²) < 4.78 is 18.4. The predicted molar refractivity (Wildman–Crippen MR) is 114 cm³/mol. The second kappa shape index (κ2) is 7.73. The molecule has 2 aromatic rings. The number of hydrogen-bond donors (Lipinski definition) is 0. The number of esters is 2. The minimum Gasteiger partial charge on any atom is -0.461 e. The average molecular weight is 414 g/mol. The van der Waals surface area contributed by atoms with E-state index in [1.807, 2.05) is 37.5 Å². The molecule has 2 fully saturated rings. The summed E-state index contributed by atoms with van der Waals surface area (Å²) in [6.45, 7) is 9.21. The molecule has 1 aliphatic carbocycles. The zero-order valence-electron chi connectivity index (χ0n) is 18.3. The zero-order chi connectivity index (χ0) is 21.5. The summed E-state index contributed by atoms with van der Waals surface area (Å²) in [5.74, 6) is -0.235. The molecule has 0 radical (unpaired) electrons. The summed E-state index contributed by atoms with van der Waals surface area (Å²) in [6, 6.07) is 8.17. The van der Waals surface area contributed by atoms with Gasteiger partial charge in [0.05, 0.1) is 6.61 Å². The Labute approximate surface area is 177 Å². The molecule has 6 nitrogen and oxygen atoms in total. The Hall–Kier alpha value is -2.34. The van der Waals surface area contributed by atoms with Gasteiger partial charge in [0.1, 0.15) is 16.8 Å². The van der Waals surface area contributed by atoms with Crippen LogP contribution in [-0.4, -0.2) is 41.9 Å². The molecule has 1 aromatic carbocycles. The normalized spacial score (nSPS) is 18.9. The molecule has 0 amide bonds. The van der Waals surface area contributed by atoms with E-state index in [0.717, 1.165) is 37.0 Å². The van der Waals surface area contributed by atoms with Gasteiger partial charge < -0.3 is 18.8 Å². The van der Waals surface area contributed by atoms with Gasteiger partial charge in [0, 0.05) is 24.1 Å². The number of ether oxygens (including phenoxy) is 3. The van der Waals surface area contributed by atoms with Crippen molar-refractivity contribution in [2.24, 2.45) is 0 Å². The average Bonchev–Trinajstić information content (AvgIpc) is 3.41. The molecule has 1 saturated carbocycles. The molecule has 30 heavy (non-hydrogen) atoms. The van der Waals surface area contributed by atoms with Gasteiger partial charge in [0.15, 0.2) is 0 Å². The maximum atomic E-state index is 13.1. The Balaban J connectivity index is 1.79. The first-order valence-corrected chi connectivity index (χ1v) is 10.9. The molecule has 4 rings (SSSR count). The van der Waals surface area contributed by atoms with E-state index in [-0.39, 0.29) is 12.6 Å². The molecular weight excluding hydrogens is 382 g/mol. The Bertz CT molecular complexity index is 958. The molecule has 0 spiro atoms. The van der Waals surface area contributed by atoms with Crippen LogP contribution in [0.1, 0.15) is 75.3 Å². The van der Waals surface area contributed by atoms with Gasteiger partial charge in [-0.2, -0.15) is 0 Å². The van der Waals surface area contributed by atoms with Crippen molar-refractivity contribution >= 4 is 22.8 Å². The molecule has 1 aromatic heterocycles. The smallest absolute Gasteiger partial charge is 0.355 e. The van der Waals surface area contributed by atoms with Gasteiger partial charge in [-0.3, -0.25) is 0 Å². The third-order valence-electron chi connectivity index (χ3n) is 5.93. The van der Waals surface area contributed by atoms with Gasteiger partial charge in [0.25, 0.3) is 0 Å². The van der Waals surface area contributed by atoms with Crippen molar-refractivity contribution in [3.63, 3.8) is 0 Å². The third-order valence-corrected chi connectivity index (χ3v) is 5.93. The van der Waals surface area contributed by atoms with Gasteiger partial charge in [-0.05, 0) is 83.1 Å². The third kappa shape index (κ3) is 3.85. The van der Waals surface area contributed by atoms with E-state index in [2.05, 4.69) is 12.1 Å². The predicted octanol–water partition coefficient (Wildman–Crippen LogP) is 4.54. The minimum absolute atomic E-state index is 0.285.